The fourth-order valence-electron chi connectivity index (χ4n) is 2.63. The lowest BCUT2D eigenvalue weighted by molar-refractivity contribution is 0.415. The number of hydrogen-bond donors (Lipinski definition) is 0. The second kappa shape index (κ2) is 6.01. The molecule has 112 valence electrons. The maximum absolute atomic E-state index is 5.25. The number of nitrogens with zero attached hydrogens (tertiary/aromatic N) is 1. The lowest BCUT2D eigenvalue weighted by atomic mass is 10.1. The molecule has 1 aromatic heterocycles. The smallest absolute Gasteiger partial charge is 0.118 e. The van der Waals surface area contributed by atoms with E-state index in [0.29, 0.717) is 0 Å². The molecule has 22 heavy (non-hydrogen) atoms. The van der Waals surface area contributed by atoms with E-state index in [2.05, 4.69) is 76.8 Å². The zero-order valence-electron chi connectivity index (χ0n) is 12.9. The molecule has 2 nitrogen and oxygen atoms in total. The molecule has 0 spiro atoms. The Bertz CT molecular complexity index is 786. The molecule has 1 heterocycles. The van der Waals surface area contributed by atoms with Crippen molar-refractivity contribution in [2.45, 2.75) is 13.8 Å². The molecule has 0 aliphatic rings. The normalized spacial score (nSPS) is 10.7. The molecule has 0 aliphatic carbocycles. The number of aryl methyl sites for hydroxylation is 1. The number of aromatic nitrogens is 1. The molecule has 0 atom stereocenters. The highest BCUT2D eigenvalue weighted by Gasteiger charge is 2.12. The molecule has 0 radical (unpaired) electrons. The van der Waals surface area contributed by atoms with Crippen LogP contribution in [0.5, 0.6) is 5.75 Å². The summed E-state index contributed by atoms with van der Waals surface area (Å²) in [5.74, 6) is 0.874. The maximum atomic E-state index is 5.25. The van der Waals surface area contributed by atoms with Crippen LogP contribution in [-0.4, -0.2) is 11.7 Å². The van der Waals surface area contributed by atoms with Crippen LogP contribution >= 0.6 is 15.9 Å². The average molecular weight is 356 g/mol. The van der Waals surface area contributed by atoms with E-state index in [9.17, 15) is 0 Å². The Morgan fingerprint density at radius 2 is 1.55 bits per heavy atom. The third-order valence-electron chi connectivity index (χ3n) is 3.97. The number of benzene rings is 2. The summed E-state index contributed by atoms with van der Waals surface area (Å²) in [4.78, 5) is 0. The highest BCUT2D eigenvalue weighted by Crippen LogP contribution is 2.30. The number of ether oxygens (including phenoxy) is 1. The molecule has 0 unspecified atom stereocenters. The average Bonchev–Trinajstić information content (AvgIpc) is 2.84. The molecule has 0 saturated carbocycles. The number of halogens is 1. The highest BCUT2D eigenvalue weighted by atomic mass is 79.9. The van der Waals surface area contributed by atoms with E-state index < -0.39 is 0 Å². The number of rotatable bonds is 3. The van der Waals surface area contributed by atoms with Crippen molar-refractivity contribution in [1.29, 1.82) is 0 Å². The maximum Gasteiger partial charge on any atom is 0.118 e. The van der Waals surface area contributed by atoms with Crippen molar-refractivity contribution in [3.05, 3.63) is 70.3 Å². The summed E-state index contributed by atoms with van der Waals surface area (Å²) in [7, 11) is 1.69. The Morgan fingerprint density at radius 3 is 2.14 bits per heavy atom. The summed E-state index contributed by atoms with van der Waals surface area (Å²) < 4.78 is 8.63. The second-order valence-corrected chi connectivity index (χ2v) is 6.25. The molecule has 2 aromatic carbocycles. The lowest BCUT2D eigenvalue weighted by Crippen LogP contribution is -1.99. The summed E-state index contributed by atoms with van der Waals surface area (Å²) >= 11 is 3.50. The molecule has 0 bridgehead atoms. The molecular weight excluding hydrogens is 338 g/mol. The minimum Gasteiger partial charge on any atom is -0.497 e. The number of hydrogen-bond acceptors (Lipinski definition) is 1. The summed E-state index contributed by atoms with van der Waals surface area (Å²) in [6, 6.07) is 18.8. The summed E-state index contributed by atoms with van der Waals surface area (Å²) in [6.07, 6.45) is 0. The second-order valence-electron chi connectivity index (χ2n) is 5.34. The molecule has 0 aliphatic heterocycles. The third-order valence-corrected chi connectivity index (χ3v) is 4.50. The van der Waals surface area contributed by atoms with Gasteiger partial charge in [-0.1, -0.05) is 15.9 Å². The van der Waals surface area contributed by atoms with Gasteiger partial charge in [0.2, 0.25) is 0 Å². The van der Waals surface area contributed by atoms with Crippen molar-refractivity contribution in [2.24, 2.45) is 0 Å². The standard InChI is InChI=1S/C19H18BrNO/c1-13-12-19(15-4-10-18(22-3)11-5-15)21(14(13)2)17-8-6-16(20)7-9-17/h4-12H,1-3H3. The Morgan fingerprint density at radius 1 is 0.909 bits per heavy atom. The van der Waals surface area contributed by atoms with Crippen LogP contribution in [-0.2, 0) is 0 Å². The van der Waals surface area contributed by atoms with Gasteiger partial charge in [0, 0.05) is 15.9 Å². The van der Waals surface area contributed by atoms with E-state index in [-0.39, 0.29) is 0 Å². The van der Waals surface area contributed by atoms with Crippen LogP contribution < -0.4 is 4.74 Å². The van der Waals surface area contributed by atoms with Gasteiger partial charge >= 0.3 is 0 Å². The first kappa shape index (κ1) is 14.9. The molecule has 0 saturated heterocycles. The predicted octanol–water partition coefficient (Wildman–Crippen LogP) is 5.53. The molecule has 3 heteroatoms. The predicted molar refractivity (Wildman–Crippen MR) is 94.9 cm³/mol. The van der Waals surface area contributed by atoms with Crippen LogP contribution in [0.25, 0.3) is 16.9 Å². The first-order chi connectivity index (χ1) is 10.6. The number of methoxy groups -OCH3 is 1. The zero-order chi connectivity index (χ0) is 15.7. The van der Waals surface area contributed by atoms with Crippen molar-refractivity contribution >= 4 is 15.9 Å². The van der Waals surface area contributed by atoms with E-state index in [1.807, 2.05) is 12.1 Å². The highest BCUT2D eigenvalue weighted by molar-refractivity contribution is 9.10. The van der Waals surface area contributed by atoms with E-state index in [4.69, 9.17) is 4.74 Å². The van der Waals surface area contributed by atoms with Crippen molar-refractivity contribution in [3.63, 3.8) is 0 Å². The van der Waals surface area contributed by atoms with Gasteiger partial charge in [0.25, 0.3) is 0 Å². The van der Waals surface area contributed by atoms with E-state index in [0.717, 1.165) is 10.2 Å². The van der Waals surface area contributed by atoms with Gasteiger partial charge in [0.05, 0.1) is 12.8 Å². The molecule has 3 aromatic rings. The Hall–Kier alpha value is -2.00. The van der Waals surface area contributed by atoms with Crippen molar-refractivity contribution < 1.29 is 4.74 Å². The molecule has 0 amide bonds. The molecular formula is C19H18BrNO. The lowest BCUT2D eigenvalue weighted by Gasteiger charge is -2.13. The largest absolute Gasteiger partial charge is 0.497 e. The van der Waals surface area contributed by atoms with E-state index >= 15 is 0 Å². The van der Waals surface area contributed by atoms with Crippen LogP contribution in [0.15, 0.2) is 59.1 Å². The Balaban J connectivity index is 2.15. The van der Waals surface area contributed by atoms with Crippen LogP contribution in [0, 0.1) is 13.8 Å². The minimum atomic E-state index is 0.874. The van der Waals surface area contributed by atoms with Gasteiger partial charge in [0.1, 0.15) is 5.75 Å². The first-order valence-electron chi connectivity index (χ1n) is 7.19. The Kier molecular flexibility index (Phi) is 4.08. The van der Waals surface area contributed by atoms with Gasteiger partial charge in [-0.25, -0.2) is 0 Å². The summed E-state index contributed by atoms with van der Waals surface area (Å²) in [5, 5.41) is 0. The van der Waals surface area contributed by atoms with Gasteiger partial charge < -0.3 is 9.30 Å². The van der Waals surface area contributed by atoms with Crippen molar-refractivity contribution in [2.75, 3.05) is 7.11 Å². The quantitative estimate of drug-likeness (QED) is 0.602. The van der Waals surface area contributed by atoms with Gasteiger partial charge in [-0.2, -0.15) is 0 Å². The van der Waals surface area contributed by atoms with Gasteiger partial charge in [-0.15, -0.1) is 0 Å². The van der Waals surface area contributed by atoms with E-state index in [1.165, 1.54) is 28.2 Å². The third kappa shape index (κ3) is 2.69. The van der Waals surface area contributed by atoms with E-state index in [1.54, 1.807) is 7.11 Å². The van der Waals surface area contributed by atoms with Crippen LogP contribution in [0.1, 0.15) is 11.3 Å². The zero-order valence-corrected chi connectivity index (χ0v) is 14.5. The van der Waals surface area contributed by atoms with Crippen molar-refractivity contribution in [1.82, 2.24) is 4.57 Å². The minimum absolute atomic E-state index is 0.874. The van der Waals surface area contributed by atoms with Crippen molar-refractivity contribution in [3.8, 4) is 22.7 Å². The Labute approximate surface area is 139 Å². The van der Waals surface area contributed by atoms with Crippen LogP contribution in [0.4, 0.5) is 0 Å². The van der Waals surface area contributed by atoms with Gasteiger partial charge in [-0.3, -0.25) is 0 Å². The SMILES string of the molecule is COc1ccc(-c2cc(C)c(C)n2-c2ccc(Br)cc2)cc1. The topological polar surface area (TPSA) is 14.2 Å². The van der Waals surface area contributed by atoms with Crippen LogP contribution in [0.3, 0.4) is 0 Å². The summed E-state index contributed by atoms with van der Waals surface area (Å²) in [6.45, 7) is 4.31. The summed E-state index contributed by atoms with van der Waals surface area (Å²) in [5.41, 5.74) is 6.08. The fourth-order valence-corrected chi connectivity index (χ4v) is 2.89. The van der Waals surface area contributed by atoms with Crippen LogP contribution in [0.2, 0.25) is 0 Å². The first-order valence-corrected chi connectivity index (χ1v) is 7.99. The monoisotopic (exact) mass is 355 g/mol. The molecule has 3 rings (SSSR count). The molecule has 0 fully saturated rings. The van der Waals surface area contributed by atoms with Gasteiger partial charge in [-0.05, 0) is 79.6 Å². The molecule has 0 N–H and O–H groups in total. The van der Waals surface area contributed by atoms with Gasteiger partial charge in [0.15, 0.2) is 0 Å². The fraction of sp³-hybridized carbons (Fsp3) is 0.158.